The Morgan fingerprint density at radius 1 is 0.271 bits per heavy atom. The number of aromatic nitrogens is 4. The van der Waals surface area contributed by atoms with Crippen LogP contribution in [-0.4, -0.2) is 0 Å². The van der Waals surface area contributed by atoms with Gasteiger partial charge in [0.1, 0.15) is 84.5 Å². The third-order valence-corrected chi connectivity index (χ3v) is 22.8. The summed E-state index contributed by atoms with van der Waals surface area (Å²) < 4.78 is 61.4. The Bertz CT molecular complexity index is 7200. The zero-order valence-corrected chi connectivity index (χ0v) is 68.8. The number of benzene rings is 12. The molecule has 0 fully saturated rings. The molecule has 8 nitrogen and oxygen atoms in total. The van der Waals surface area contributed by atoms with Crippen LogP contribution in [0.4, 0.5) is 8.78 Å². The number of rotatable bonds is 12. The largest absolute Gasteiger partial charge is 0.455 e. The van der Waals surface area contributed by atoms with Gasteiger partial charge in [-0.25, -0.2) is 27.0 Å². The summed E-state index contributed by atoms with van der Waals surface area (Å²) in [5, 5.41) is 9.16. The van der Waals surface area contributed by atoms with Gasteiger partial charge in [-0.15, -0.1) is 0 Å². The molecule has 0 saturated heterocycles. The Kier molecular flexibility index (Phi) is 21.2. The summed E-state index contributed by atoms with van der Waals surface area (Å²) in [4.78, 5) is 0. The van der Waals surface area contributed by atoms with Crippen LogP contribution in [0, 0.1) is 51.2 Å². The molecule has 0 aliphatic rings. The van der Waals surface area contributed by atoms with Crippen molar-refractivity contribution in [1.29, 1.82) is 0 Å². The van der Waals surface area contributed by atoms with E-state index < -0.39 is 0 Å². The normalized spacial score (nSPS) is 11.5. The average Bonchev–Trinajstić information content (AvgIpc) is 1.61. The molecule has 0 unspecified atom stereocenters. The van der Waals surface area contributed by atoms with Crippen LogP contribution in [0.1, 0.15) is 61.1 Å². The number of nitrogens with zero attached hydrogens (tertiary/aromatic N) is 4. The van der Waals surface area contributed by atoms with Gasteiger partial charge in [0.15, 0.2) is 24.8 Å². The van der Waals surface area contributed by atoms with Crippen molar-refractivity contribution in [3.05, 3.63) is 361 Å². The summed E-state index contributed by atoms with van der Waals surface area (Å²) in [6, 6.07) is 98.9. The number of pyridine rings is 4. The maximum Gasteiger partial charge on any atom is 0.216 e. The van der Waals surface area contributed by atoms with Crippen LogP contribution in [0.5, 0.6) is 0 Å². The molecule has 12 aromatic carbocycles. The SMILES string of the molecule is Cc1ccc2c(oc3ccccc32)c1-c1cc(-c2ccc(F)c(CC(C)C)c2)cc[n+]1C.Cc1ccc2c(oc3ccccc32)c1-c1cc(-c2cccc(CC(C)C)c2)cc[n+]1C.Cc1ccc2c(oc3ccccc32)c1-c1ccc(-c2ccc(F)cc2)c[n+]1C.Cc1ccc2c(oc3ccccc32)c1-c1ccc(-c2ccccc2)c[n+]1C. The van der Waals surface area contributed by atoms with Crippen molar-refractivity contribution in [2.45, 2.75) is 68.2 Å². The number of hydrogen-bond acceptors (Lipinski definition) is 4. The quantitative estimate of drug-likeness (QED) is 0.114. The summed E-state index contributed by atoms with van der Waals surface area (Å²) >= 11 is 0. The number of aryl methyl sites for hydroxylation is 8. The number of para-hydroxylation sites is 4. The van der Waals surface area contributed by atoms with E-state index in [9.17, 15) is 8.78 Å². The van der Waals surface area contributed by atoms with E-state index in [0.717, 1.165) is 168 Å². The predicted molar refractivity (Wildman–Crippen MR) is 479 cm³/mol. The molecule has 0 spiro atoms. The molecular formula is C108H94F2N4O4+4. The van der Waals surface area contributed by atoms with Crippen LogP contribution in [0.25, 0.3) is 177 Å². The molecule has 0 aliphatic heterocycles. The molecule has 0 radical (unpaired) electrons. The summed E-state index contributed by atoms with van der Waals surface area (Å²) in [5.41, 5.74) is 32.3. The maximum absolute atomic E-state index is 14.4. The Labute approximate surface area is 687 Å². The zero-order chi connectivity index (χ0) is 81.6. The molecule has 0 saturated carbocycles. The van der Waals surface area contributed by atoms with Crippen LogP contribution in [-0.2, 0) is 41.0 Å². The van der Waals surface area contributed by atoms with Gasteiger partial charge in [-0.3, -0.25) is 0 Å². The molecule has 118 heavy (non-hydrogen) atoms. The van der Waals surface area contributed by atoms with Crippen LogP contribution in [0.2, 0.25) is 0 Å². The topological polar surface area (TPSA) is 68.1 Å². The van der Waals surface area contributed by atoms with Gasteiger partial charge in [-0.2, -0.15) is 0 Å². The number of furan rings is 4. The van der Waals surface area contributed by atoms with Gasteiger partial charge >= 0.3 is 0 Å². The third kappa shape index (κ3) is 15.1. The van der Waals surface area contributed by atoms with E-state index >= 15 is 0 Å². The zero-order valence-electron chi connectivity index (χ0n) is 68.8. The summed E-state index contributed by atoms with van der Waals surface area (Å²) in [7, 11) is 8.29. The predicted octanol–water partition coefficient (Wildman–Crippen LogP) is 26.9. The highest BCUT2D eigenvalue weighted by atomic mass is 19.1. The van der Waals surface area contributed by atoms with Crippen molar-refractivity contribution in [3.63, 3.8) is 0 Å². The molecule has 20 rings (SSSR count). The molecule has 0 amide bonds. The van der Waals surface area contributed by atoms with Crippen molar-refractivity contribution in [2.24, 2.45) is 40.0 Å². The van der Waals surface area contributed by atoms with E-state index in [2.05, 4.69) is 302 Å². The highest BCUT2D eigenvalue weighted by Gasteiger charge is 2.27. The second kappa shape index (κ2) is 32.5. The lowest BCUT2D eigenvalue weighted by atomic mass is 9.95. The highest BCUT2D eigenvalue weighted by Crippen LogP contribution is 2.43. The third-order valence-electron chi connectivity index (χ3n) is 22.8. The van der Waals surface area contributed by atoms with E-state index in [4.69, 9.17) is 17.7 Å². The average molecular weight is 1550 g/mol. The number of fused-ring (bicyclic) bond motifs is 12. The van der Waals surface area contributed by atoms with E-state index in [1.807, 2.05) is 85.9 Å². The summed E-state index contributed by atoms with van der Waals surface area (Å²) in [5.74, 6) is 0.689. The second-order valence-electron chi connectivity index (χ2n) is 32.2. The van der Waals surface area contributed by atoms with Gasteiger partial charge in [0.25, 0.3) is 0 Å². The molecule has 580 valence electrons. The molecule has 10 heteroatoms. The van der Waals surface area contributed by atoms with Gasteiger partial charge in [-0.05, 0) is 180 Å². The van der Waals surface area contributed by atoms with Crippen molar-refractivity contribution < 1.29 is 44.7 Å². The van der Waals surface area contributed by atoms with Gasteiger partial charge in [0.2, 0.25) is 22.8 Å². The second-order valence-corrected chi connectivity index (χ2v) is 32.2. The van der Waals surface area contributed by atoms with Crippen LogP contribution in [0.3, 0.4) is 0 Å². The van der Waals surface area contributed by atoms with Gasteiger partial charge in [0, 0.05) is 90.6 Å². The molecule has 0 bridgehead atoms. The van der Waals surface area contributed by atoms with Crippen molar-refractivity contribution >= 4 is 87.8 Å². The lowest BCUT2D eigenvalue weighted by Crippen LogP contribution is -2.31. The first-order chi connectivity index (χ1) is 57.3. The molecule has 8 aromatic heterocycles. The van der Waals surface area contributed by atoms with E-state index in [1.54, 1.807) is 18.2 Å². The van der Waals surface area contributed by atoms with Gasteiger partial charge in [-0.1, -0.05) is 222 Å². The van der Waals surface area contributed by atoms with Gasteiger partial charge in [0.05, 0.1) is 22.3 Å². The molecular weight excluding hydrogens is 1460 g/mol. The van der Waals surface area contributed by atoms with Crippen molar-refractivity contribution in [2.75, 3.05) is 0 Å². The summed E-state index contributed by atoms with van der Waals surface area (Å²) in [6.07, 6.45) is 10.3. The number of halogens is 2. The minimum absolute atomic E-state index is 0.132. The minimum Gasteiger partial charge on any atom is -0.455 e. The summed E-state index contributed by atoms with van der Waals surface area (Å²) in [6.45, 7) is 17.3. The van der Waals surface area contributed by atoms with Crippen molar-refractivity contribution in [3.8, 4) is 89.5 Å². The Morgan fingerprint density at radius 3 is 1.01 bits per heavy atom. The highest BCUT2D eigenvalue weighted by molar-refractivity contribution is 6.13. The van der Waals surface area contributed by atoms with E-state index in [1.165, 1.54) is 67.2 Å². The van der Waals surface area contributed by atoms with Crippen LogP contribution < -0.4 is 18.3 Å². The Morgan fingerprint density at radius 2 is 0.610 bits per heavy atom. The fourth-order valence-corrected chi connectivity index (χ4v) is 16.9. The van der Waals surface area contributed by atoms with Gasteiger partial charge < -0.3 is 17.7 Å². The Balaban J connectivity index is 0.000000113. The van der Waals surface area contributed by atoms with Crippen LogP contribution >= 0.6 is 0 Å². The monoisotopic (exact) mass is 1550 g/mol. The first-order valence-corrected chi connectivity index (χ1v) is 40.6. The Hall–Kier alpha value is -13.7. The first kappa shape index (κ1) is 76.9. The molecule has 0 N–H and O–H groups in total. The first-order valence-electron chi connectivity index (χ1n) is 40.6. The lowest BCUT2D eigenvalue weighted by molar-refractivity contribution is -0.660. The molecule has 0 atom stereocenters. The smallest absolute Gasteiger partial charge is 0.216 e. The molecule has 8 heterocycles. The minimum atomic E-state index is -0.225. The standard InChI is InChI=1S/C29H27FNO.C29H28NO.C25H19FNO.C25H20NO/c1-18(2)15-22-16-20(10-12-25(22)30)21-13-14-31(4)26(17-21)28-19(3)9-11-24-23-7-5-6-8-27(23)32-29(24)28;1-19(2)16-21-8-7-9-22(17-21)23-14-15-30(4)26(18-23)28-20(3)12-13-25-24-10-5-6-11-27(24)31-29(25)28;1-16-7-13-21-20-5-3-4-6-23(20)28-25(21)24(16)22-14-10-18(15-27(22)2)17-8-11-19(26)12-9-17;1-17-12-14-21-20-10-6-7-11-23(20)27-25(21)24(17)22-15-13-19(16-26(22)2)18-8-4-3-5-9-18/h5-14,16-18H,15H2,1-4H3;5-15,17-19H,16H2,1-4H3;3-15H,1-2H3;3-16H,1-2H3/q4*+1. The van der Waals surface area contributed by atoms with E-state index in [0.29, 0.717) is 11.8 Å². The lowest BCUT2D eigenvalue weighted by Gasteiger charge is -2.11. The fourth-order valence-electron chi connectivity index (χ4n) is 16.9. The molecule has 20 aromatic rings. The molecule has 0 aliphatic carbocycles. The van der Waals surface area contributed by atoms with Crippen molar-refractivity contribution in [1.82, 2.24) is 0 Å². The van der Waals surface area contributed by atoms with E-state index in [-0.39, 0.29) is 11.6 Å². The van der Waals surface area contributed by atoms with Crippen LogP contribution in [0.15, 0.2) is 334 Å². The number of hydrogen-bond donors (Lipinski definition) is 0. The fraction of sp³-hybridized carbons (Fsp3) is 0.148. The maximum atomic E-state index is 14.4.